The van der Waals surface area contributed by atoms with Crippen molar-refractivity contribution in [2.75, 3.05) is 0 Å². The van der Waals surface area contributed by atoms with Gasteiger partial charge in [0.2, 0.25) is 0 Å². The van der Waals surface area contributed by atoms with E-state index >= 15 is 0 Å². The third kappa shape index (κ3) is 3.92. The van der Waals surface area contributed by atoms with Gasteiger partial charge >= 0.3 is 0 Å². The van der Waals surface area contributed by atoms with Crippen LogP contribution in [0.15, 0.2) is 24.3 Å². The molecule has 0 fully saturated rings. The molecule has 1 unspecified atom stereocenters. The maximum Gasteiger partial charge on any atom is 0.261 e. The predicted molar refractivity (Wildman–Crippen MR) is 67.6 cm³/mol. The molecule has 0 aliphatic carbocycles. The third-order valence-electron chi connectivity index (χ3n) is 2.31. The Balaban J connectivity index is 1.83. The van der Waals surface area contributed by atoms with Crippen LogP contribution in [0.5, 0.6) is 5.75 Å². The van der Waals surface area contributed by atoms with Crippen LogP contribution in [0, 0.1) is 0 Å². The van der Waals surface area contributed by atoms with Crippen LogP contribution in [0.2, 0.25) is 5.02 Å². The zero-order valence-corrected chi connectivity index (χ0v) is 10.9. The molecule has 0 saturated heterocycles. The molecule has 0 aliphatic heterocycles. The second kappa shape index (κ2) is 6.14. The van der Waals surface area contributed by atoms with Crippen LogP contribution in [0.25, 0.3) is 0 Å². The normalized spacial score (nSPS) is 11.9. The number of benzene rings is 1. The number of nitrogens with zero attached hydrogens (tertiary/aromatic N) is 3. The summed E-state index contributed by atoms with van der Waals surface area (Å²) in [5.74, 6) is 0.721. The number of aromatic amines is 1. The Kier molecular flexibility index (Phi) is 4.30. The molecule has 100 valence electrons. The van der Waals surface area contributed by atoms with Crippen molar-refractivity contribution in [3.8, 4) is 5.75 Å². The van der Waals surface area contributed by atoms with Crippen molar-refractivity contribution in [1.29, 1.82) is 0 Å². The minimum atomic E-state index is -0.631. The topological polar surface area (TPSA) is 92.8 Å². The van der Waals surface area contributed by atoms with E-state index in [9.17, 15) is 4.79 Å². The molecule has 0 spiro atoms. The van der Waals surface area contributed by atoms with Gasteiger partial charge in [-0.25, -0.2) is 0 Å². The maximum absolute atomic E-state index is 11.8. The van der Waals surface area contributed by atoms with Crippen molar-refractivity contribution in [1.82, 2.24) is 25.9 Å². The highest BCUT2D eigenvalue weighted by Gasteiger charge is 2.14. The number of nitrogens with one attached hydrogen (secondary N) is 2. The Morgan fingerprint density at radius 2 is 2.21 bits per heavy atom. The number of hydrogen-bond acceptors (Lipinski definition) is 5. The number of carbonyl (C=O) groups is 1. The first kappa shape index (κ1) is 13.3. The highest BCUT2D eigenvalue weighted by atomic mass is 35.5. The Morgan fingerprint density at radius 3 is 2.84 bits per heavy atom. The van der Waals surface area contributed by atoms with Crippen molar-refractivity contribution >= 4 is 17.5 Å². The molecule has 1 aromatic heterocycles. The van der Waals surface area contributed by atoms with E-state index in [1.165, 1.54) is 0 Å². The van der Waals surface area contributed by atoms with Gasteiger partial charge in [-0.1, -0.05) is 16.8 Å². The summed E-state index contributed by atoms with van der Waals surface area (Å²) in [5.41, 5.74) is 0. The van der Waals surface area contributed by atoms with Crippen LogP contribution in [-0.2, 0) is 11.3 Å². The molecule has 2 aromatic rings. The monoisotopic (exact) mass is 281 g/mol. The summed E-state index contributed by atoms with van der Waals surface area (Å²) in [6.07, 6.45) is -0.631. The van der Waals surface area contributed by atoms with E-state index in [1.54, 1.807) is 31.2 Å². The van der Waals surface area contributed by atoms with Gasteiger partial charge in [-0.2, -0.15) is 5.21 Å². The van der Waals surface area contributed by atoms with Crippen LogP contribution >= 0.6 is 11.6 Å². The Bertz CT molecular complexity index is 529. The summed E-state index contributed by atoms with van der Waals surface area (Å²) < 4.78 is 5.47. The first-order valence-electron chi connectivity index (χ1n) is 5.57. The van der Waals surface area contributed by atoms with Crippen molar-refractivity contribution in [3.05, 3.63) is 35.1 Å². The van der Waals surface area contributed by atoms with Crippen molar-refractivity contribution < 1.29 is 9.53 Å². The number of hydrogen-bond donors (Lipinski definition) is 2. The van der Waals surface area contributed by atoms with E-state index in [0.717, 1.165) is 0 Å². The van der Waals surface area contributed by atoms with Gasteiger partial charge in [0.1, 0.15) is 5.75 Å². The van der Waals surface area contributed by atoms with E-state index in [0.29, 0.717) is 16.6 Å². The number of H-pyrrole nitrogens is 1. The standard InChI is InChI=1S/C11H12ClN5O2/c1-7(19-9-4-2-8(12)3-5-9)11(18)13-6-10-14-16-17-15-10/h2-5,7H,6H2,1H3,(H,13,18)(H,14,15,16,17). The second-order valence-corrected chi connectivity index (χ2v) is 4.20. The van der Waals surface area contributed by atoms with Crippen LogP contribution in [-0.4, -0.2) is 32.6 Å². The molecule has 1 atom stereocenters. The molecule has 1 aromatic carbocycles. The lowest BCUT2D eigenvalue weighted by Gasteiger charge is -2.13. The fraction of sp³-hybridized carbons (Fsp3) is 0.273. The largest absolute Gasteiger partial charge is 0.481 e. The van der Waals surface area contributed by atoms with Gasteiger partial charge in [0, 0.05) is 5.02 Å². The van der Waals surface area contributed by atoms with Crippen LogP contribution in [0.3, 0.4) is 0 Å². The molecule has 0 bridgehead atoms. The van der Waals surface area contributed by atoms with Crippen molar-refractivity contribution in [3.63, 3.8) is 0 Å². The van der Waals surface area contributed by atoms with E-state index in [1.807, 2.05) is 0 Å². The first-order valence-corrected chi connectivity index (χ1v) is 5.95. The number of halogens is 1. The zero-order chi connectivity index (χ0) is 13.7. The summed E-state index contributed by atoms with van der Waals surface area (Å²) in [5, 5.41) is 16.4. The molecule has 1 amide bonds. The number of ether oxygens (including phenoxy) is 1. The smallest absolute Gasteiger partial charge is 0.261 e. The van der Waals surface area contributed by atoms with Crippen LogP contribution in [0.1, 0.15) is 12.7 Å². The highest BCUT2D eigenvalue weighted by Crippen LogP contribution is 2.16. The number of aromatic nitrogens is 4. The molecule has 19 heavy (non-hydrogen) atoms. The van der Waals surface area contributed by atoms with Gasteiger partial charge < -0.3 is 10.1 Å². The molecule has 2 rings (SSSR count). The molecular formula is C11H12ClN5O2. The van der Waals surface area contributed by atoms with Gasteiger partial charge in [0.25, 0.3) is 5.91 Å². The van der Waals surface area contributed by atoms with Crippen LogP contribution in [0.4, 0.5) is 0 Å². The average Bonchev–Trinajstić information content (AvgIpc) is 2.91. The summed E-state index contributed by atoms with van der Waals surface area (Å²) >= 11 is 5.76. The molecule has 8 heteroatoms. The SMILES string of the molecule is CC(Oc1ccc(Cl)cc1)C(=O)NCc1nn[nH]n1. The van der Waals surface area contributed by atoms with E-state index < -0.39 is 6.10 Å². The zero-order valence-electron chi connectivity index (χ0n) is 10.1. The average molecular weight is 282 g/mol. The van der Waals surface area contributed by atoms with Gasteiger partial charge in [-0.05, 0) is 31.2 Å². The van der Waals surface area contributed by atoms with Crippen LogP contribution < -0.4 is 10.1 Å². The lowest BCUT2D eigenvalue weighted by molar-refractivity contribution is -0.127. The fourth-order valence-electron chi connectivity index (χ4n) is 1.34. The first-order chi connectivity index (χ1) is 9.15. The van der Waals surface area contributed by atoms with Gasteiger partial charge in [-0.15, -0.1) is 10.2 Å². The molecular weight excluding hydrogens is 270 g/mol. The summed E-state index contributed by atoms with van der Waals surface area (Å²) in [6, 6.07) is 6.79. The number of carbonyl (C=O) groups excluding carboxylic acids is 1. The minimum Gasteiger partial charge on any atom is -0.481 e. The molecule has 0 aliphatic rings. The number of tetrazole rings is 1. The van der Waals surface area contributed by atoms with E-state index in [4.69, 9.17) is 16.3 Å². The lowest BCUT2D eigenvalue weighted by atomic mass is 10.3. The summed E-state index contributed by atoms with van der Waals surface area (Å²) in [6.45, 7) is 1.85. The quantitative estimate of drug-likeness (QED) is 0.851. The minimum absolute atomic E-state index is 0.198. The Labute approximate surface area is 114 Å². The number of rotatable bonds is 5. The fourth-order valence-corrected chi connectivity index (χ4v) is 1.46. The Morgan fingerprint density at radius 1 is 1.47 bits per heavy atom. The molecule has 1 heterocycles. The molecule has 0 radical (unpaired) electrons. The van der Waals surface area contributed by atoms with Gasteiger partial charge in [0.05, 0.1) is 6.54 Å². The molecule has 0 saturated carbocycles. The molecule has 2 N–H and O–H groups in total. The maximum atomic E-state index is 11.8. The highest BCUT2D eigenvalue weighted by molar-refractivity contribution is 6.30. The van der Waals surface area contributed by atoms with E-state index in [-0.39, 0.29) is 12.5 Å². The molecule has 7 nitrogen and oxygen atoms in total. The Hall–Kier alpha value is -2.15. The van der Waals surface area contributed by atoms with E-state index in [2.05, 4.69) is 25.9 Å². The second-order valence-electron chi connectivity index (χ2n) is 3.76. The van der Waals surface area contributed by atoms with Crippen molar-refractivity contribution in [2.24, 2.45) is 0 Å². The lowest BCUT2D eigenvalue weighted by Crippen LogP contribution is -2.36. The number of amides is 1. The van der Waals surface area contributed by atoms with Gasteiger partial charge in [0.15, 0.2) is 11.9 Å². The summed E-state index contributed by atoms with van der Waals surface area (Å²) in [4.78, 5) is 11.8. The summed E-state index contributed by atoms with van der Waals surface area (Å²) in [7, 11) is 0. The van der Waals surface area contributed by atoms with Gasteiger partial charge in [-0.3, -0.25) is 4.79 Å². The third-order valence-corrected chi connectivity index (χ3v) is 2.56. The predicted octanol–water partition coefficient (Wildman–Crippen LogP) is 0.937. The van der Waals surface area contributed by atoms with Crippen molar-refractivity contribution in [2.45, 2.75) is 19.6 Å².